The van der Waals surface area contributed by atoms with Crippen LogP contribution in [0.4, 0.5) is 0 Å². The molecule has 0 aliphatic carbocycles. The largest absolute Gasteiger partial charge is 1.00 e. The van der Waals surface area contributed by atoms with Crippen molar-refractivity contribution in [2.75, 3.05) is 6.26 Å². The summed E-state index contributed by atoms with van der Waals surface area (Å²) in [6, 6.07) is 32.3. The summed E-state index contributed by atoms with van der Waals surface area (Å²) in [4.78, 5) is 0. The van der Waals surface area contributed by atoms with Gasteiger partial charge in [-0.1, -0.05) is 91.0 Å². The Kier molecular flexibility index (Phi) is 9.30. The summed E-state index contributed by atoms with van der Waals surface area (Å²) >= 11 is 0. The topological polar surface area (TPSA) is 57.2 Å². The molecule has 0 bridgehead atoms. The van der Waals surface area contributed by atoms with Gasteiger partial charge in [-0.2, -0.15) is 0 Å². The number of hydrogen-bond acceptors (Lipinski definition) is 3. The quantitative estimate of drug-likeness (QED) is 0.284. The van der Waals surface area contributed by atoms with E-state index >= 15 is 0 Å². The van der Waals surface area contributed by atoms with Crippen molar-refractivity contribution in [3.05, 3.63) is 91.0 Å². The Balaban J connectivity index is 0.000000462. The van der Waals surface area contributed by atoms with Gasteiger partial charge in [-0.3, -0.25) is 0 Å². The van der Waals surface area contributed by atoms with Crippen LogP contribution in [0.2, 0.25) is 0 Å². The van der Waals surface area contributed by atoms with Gasteiger partial charge >= 0.3 is 22.4 Å². The van der Waals surface area contributed by atoms with E-state index in [2.05, 4.69) is 91.0 Å². The molecule has 25 heavy (non-hydrogen) atoms. The zero-order valence-electron chi connectivity index (χ0n) is 13.5. The van der Waals surface area contributed by atoms with Gasteiger partial charge in [-0.15, -0.1) is 0 Å². The third kappa shape index (κ3) is 8.11. The first-order valence-corrected chi connectivity index (χ1v) is 10.5. The summed E-state index contributed by atoms with van der Waals surface area (Å²) in [7, 11) is -4.36. The Morgan fingerprint density at radius 1 is 0.640 bits per heavy atom. The summed E-state index contributed by atoms with van der Waals surface area (Å²) in [5, 5.41) is 4.19. The van der Waals surface area contributed by atoms with E-state index in [9.17, 15) is 0 Å². The van der Waals surface area contributed by atoms with Gasteiger partial charge < -0.3 is 4.55 Å². The normalized spacial score (nSPS) is 10.4. The van der Waals surface area contributed by atoms with Crippen LogP contribution in [0, 0.1) is 0 Å². The molecule has 3 nitrogen and oxygen atoms in total. The van der Waals surface area contributed by atoms with Crippen molar-refractivity contribution in [2.45, 2.75) is 0 Å². The van der Waals surface area contributed by atoms with Gasteiger partial charge in [0.2, 0.25) is 0 Å². The van der Waals surface area contributed by atoms with Gasteiger partial charge in [0.25, 0.3) is 0 Å². The standard InChI is InChI=1S/C18H15P.CH4O3S.Au/c1-4-10-16(11-5-1)19(17-12-6-2-7-13-17)18-14-8-3-9-15-18;1-5(2,3)4;/h1-15H;1H3,(H,2,3,4);/q;;+1/p-1. The van der Waals surface area contributed by atoms with Gasteiger partial charge in [-0.25, -0.2) is 8.42 Å². The molecule has 0 radical (unpaired) electrons. The van der Waals surface area contributed by atoms with Crippen molar-refractivity contribution < 1.29 is 35.4 Å². The van der Waals surface area contributed by atoms with Crippen LogP contribution in [0.25, 0.3) is 0 Å². The van der Waals surface area contributed by atoms with E-state index in [4.69, 9.17) is 13.0 Å². The maximum Gasteiger partial charge on any atom is 1.00 e. The first kappa shape index (κ1) is 21.8. The van der Waals surface area contributed by atoms with E-state index in [1.54, 1.807) is 0 Å². The zero-order chi connectivity index (χ0) is 17.4. The van der Waals surface area contributed by atoms with Gasteiger partial charge in [0.15, 0.2) is 0 Å². The van der Waals surface area contributed by atoms with Crippen LogP contribution in [-0.4, -0.2) is 19.2 Å². The first-order chi connectivity index (χ1) is 11.4. The molecular formula is C19H18AuO3PS. The number of benzene rings is 3. The SMILES string of the molecule is CS(=O)(=O)[O-].[Au+].c1ccc(P(c2ccccc2)c2ccccc2)cc1. The Hall–Kier alpha value is -1.26. The van der Waals surface area contributed by atoms with E-state index in [0.29, 0.717) is 6.26 Å². The van der Waals surface area contributed by atoms with E-state index in [-0.39, 0.29) is 22.4 Å². The maximum absolute atomic E-state index is 9.08. The molecule has 6 heteroatoms. The fourth-order valence-corrected chi connectivity index (χ4v) is 4.48. The monoisotopic (exact) mass is 554 g/mol. The average molecular weight is 554 g/mol. The molecule has 0 amide bonds. The van der Waals surface area contributed by atoms with Crippen LogP contribution in [0.5, 0.6) is 0 Å². The fourth-order valence-electron chi connectivity index (χ4n) is 2.18. The Bertz CT molecular complexity index is 740. The van der Waals surface area contributed by atoms with E-state index in [1.807, 2.05) is 0 Å². The summed E-state index contributed by atoms with van der Waals surface area (Å²) < 4.78 is 27.2. The molecule has 3 aromatic carbocycles. The molecule has 0 aliphatic rings. The molecule has 0 saturated heterocycles. The summed E-state index contributed by atoms with van der Waals surface area (Å²) in [5.41, 5.74) is 0. The molecule has 0 spiro atoms. The van der Waals surface area contributed by atoms with Gasteiger partial charge in [0.1, 0.15) is 0 Å². The van der Waals surface area contributed by atoms with E-state index in [1.165, 1.54) is 15.9 Å². The van der Waals surface area contributed by atoms with Crippen LogP contribution in [0.15, 0.2) is 91.0 Å². The minimum absolute atomic E-state index is 0. The van der Waals surface area contributed by atoms with E-state index < -0.39 is 18.0 Å². The molecule has 0 aromatic heterocycles. The number of rotatable bonds is 3. The third-order valence-electron chi connectivity index (χ3n) is 3.04. The number of hydrogen-bond donors (Lipinski definition) is 0. The summed E-state index contributed by atoms with van der Waals surface area (Å²) in [6.07, 6.45) is 0.604. The first-order valence-electron chi connectivity index (χ1n) is 7.31. The van der Waals surface area contributed by atoms with Crippen molar-refractivity contribution in [3.8, 4) is 0 Å². The molecule has 0 aliphatic heterocycles. The fraction of sp³-hybridized carbons (Fsp3) is 0.0526. The van der Waals surface area contributed by atoms with Gasteiger partial charge in [0, 0.05) is 6.26 Å². The van der Waals surface area contributed by atoms with Crippen molar-refractivity contribution in [1.82, 2.24) is 0 Å². The molecule has 0 atom stereocenters. The average Bonchev–Trinajstić information content (AvgIpc) is 2.57. The van der Waals surface area contributed by atoms with Gasteiger partial charge in [0.05, 0.1) is 10.1 Å². The summed E-state index contributed by atoms with van der Waals surface area (Å²) in [6.45, 7) is 0. The van der Waals surface area contributed by atoms with Crippen molar-refractivity contribution in [3.63, 3.8) is 0 Å². The molecule has 0 N–H and O–H groups in total. The Labute approximate surface area is 166 Å². The predicted octanol–water partition coefficient (Wildman–Crippen LogP) is 2.60. The van der Waals surface area contributed by atoms with E-state index in [0.717, 1.165) is 0 Å². The van der Waals surface area contributed by atoms with Gasteiger partial charge in [-0.05, 0) is 23.8 Å². The van der Waals surface area contributed by atoms with Crippen LogP contribution in [-0.2, 0) is 32.5 Å². The van der Waals surface area contributed by atoms with Crippen molar-refractivity contribution in [2.24, 2.45) is 0 Å². The van der Waals surface area contributed by atoms with Crippen LogP contribution in [0.1, 0.15) is 0 Å². The zero-order valence-corrected chi connectivity index (χ0v) is 17.4. The van der Waals surface area contributed by atoms with Crippen molar-refractivity contribution in [1.29, 1.82) is 0 Å². The predicted molar refractivity (Wildman–Crippen MR) is 101 cm³/mol. The minimum atomic E-state index is -3.92. The molecule has 3 rings (SSSR count). The van der Waals surface area contributed by atoms with Crippen LogP contribution >= 0.6 is 7.92 Å². The van der Waals surface area contributed by atoms with Crippen LogP contribution < -0.4 is 15.9 Å². The Morgan fingerprint density at radius 3 is 1.04 bits per heavy atom. The molecule has 3 aromatic rings. The third-order valence-corrected chi connectivity index (χ3v) is 5.49. The Morgan fingerprint density at radius 2 is 0.840 bits per heavy atom. The molecular weight excluding hydrogens is 536 g/mol. The molecule has 0 fully saturated rings. The van der Waals surface area contributed by atoms with Crippen molar-refractivity contribution >= 4 is 34.0 Å². The van der Waals surface area contributed by atoms with Crippen LogP contribution in [0.3, 0.4) is 0 Å². The second-order valence-corrected chi connectivity index (χ2v) is 8.67. The molecule has 0 saturated carbocycles. The second kappa shape index (κ2) is 10.7. The smallest absolute Gasteiger partial charge is 0.748 e. The molecule has 134 valence electrons. The molecule has 0 unspecified atom stereocenters. The maximum atomic E-state index is 9.08. The molecule has 0 heterocycles. The summed E-state index contributed by atoms with van der Waals surface area (Å²) in [5.74, 6) is 0. The minimum Gasteiger partial charge on any atom is -0.748 e. The second-order valence-electron chi connectivity index (χ2n) is 5.05.